The molecule has 1 aromatic rings. The number of Topliss-reactive ketones (excluding diaryl/α,β-unsaturated/α-hetero) is 1. The number of amides is 1. The first-order valence-corrected chi connectivity index (χ1v) is 7.68. The Hall–Kier alpha value is -2.02. The fourth-order valence-corrected chi connectivity index (χ4v) is 3.06. The average molecular weight is 303 g/mol. The lowest BCUT2D eigenvalue weighted by Gasteiger charge is -2.36. The van der Waals surface area contributed by atoms with Crippen LogP contribution in [0.15, 0.2) is 18.6 Å². The Kier molecular flexibility index (Phi) is 4.33. The van der Waals surface area contributed by atoms with Crippen LogP contribution in [0.5, 0.6) is 0 Å². The third-order valence-electron chi connectivity index (χ3n) is 4.47. The van der Waals surface area contributed by atoms with Crippen LogP contribution in [0.4, 0.5) is 5.82 Å². The fraction of sp³-hybridized carbons (Fsp3) is 0.600. The summed E-state index contributed by atoms with van der Waals surface area (Å²) in [4.78, 5) is 36.3. The molecule has 2 aliphatic rings. The van der Waals surface area contributed by atoms with Gasteiger partial charge in [-0.05, 0) is 13.3 Å². The molecule has 0 aromatic carbocycles. The van der Waals surface area contributed by atoms with Crippen molar-refractivity contribution < 1.29 is 9.59 Å². The summed E-state index contributed by atoms with van der Waals surface area (Å²) < 4.78 is 0. The van der Waals surface area contributed by atoms with Crippen LogP contribution in [0, 0.1) is 5.92 Å². The number of carbonyl (C=O) groups excluding carboxylic acids is 2. The van der Waals surface area contributed by atoms with Gasteiger partial charge in [-0.3, -0.25) is 14.6 Å². The Bertz CT molecular complexity index is 542. The lowest BCUT2D eigenvalue weighted by molar-refractivity contribution is -0.133. The van der Waals surface area contributed by atoms with E-state index >= 15 is 0 Å². The number of hydrogen-bond donors (Lipinski definition) is 1. The standard InChI is InChI=1S/C15H21N5O2/c1-11(21)12-8-13(18-9-12)15(22)20-6-4-19(5-7-20)14-10-16-2-3-17-14/h2-3,10,12-13,18H,4-9H2,1H3. The molecule has 1 N–H and O–H groups in total. The quantitative estimate of drug-likeness (QED) is 0.825. The van der Waals surface area contributed by atoms with Crippen LogP contribution in [0.1, 0.15) is 13.3 Å². The van der Waals surface area contributed by atoms with E-state index in [1.54, 1.807) is 25.5 Å². The van der Waals surface area contributed by atoms with E-state index in [9.17, 15) is 9.59 Å². The number of nitrogens with one attached hydrogen (secondary N) is 1. The van der Waals surface area contributed by atoms with Gasteiger partial charge < -0.3 is 15.1 Å². The van der Waals surface area contributed by atoms with Crippen molar-refractivity contribution in [1.29, 1.82) is 0 Å². The second-order valence-electron chi connectivity index (χ2n) is 5.88. The van der Waals surface area contributed by atoms with Gasteiger partial charge in [0, 0.05) is 51.0 Å². The van der Waals surface area contributed by atoms with Crippen LogP contribution >= 0.6 is 0 Å². The lowest BCUT2D eigenvalue weighted by Crippen LogP contribution is -2.53. The summed E-state index contributed by atoms with van der Waals surface area (Å²) in [5.74, 6) is 1.11. The van der Waals surface area contributed by atoms with Crippen molar-refractivity contribution in [2.75, 3.05) is 37.6 Å². The van der Waals surface area contributed by atoms with Crippen molar-refractivity contribution in [2.24, 2.45) is 5.92 Å². The Morgan fingerprint density at radius 1 is 1.23 bits per heavy atom. The van der Waals surface area contributed by atoms with Crippen molar-refractivity contribution in [3.63, 3.8) is 0 Å². The van der Waals surface area contributed by atoms with Gasteiger partial charge in [0.25, 0.3) is 0 Å². The number of ketones is 1. The van der Waals surface area contributed by atoms with Gasteiger partial charge in [-0.1, -0.05) is 0 Å². The summed E-state index contributed by atoms with van der Waals surface area (Å²) in [5, 5.41) is 3.18. The van der Waals surface area contributed by atoms with E-state index in [4.69, 9.17) is 0 Å². The molecule has 0 saturated carbocycles. The molecule has 2 unspecified atom stereocenters. The number of anilines is 1. The second kappa shape index (κ2) is 6.39. The highest BCUT2D eigenvalue weighted by Gasteiger charge is 2.35. The molecule has 0 spiro atoms. The first-order valence-electron chi connectivity index (χ1n) is 7.68. The molecule has 2 fully saturated rings. The Balaban J connectivity index is 1.53. The first kappa shape index (κ1) is 14.9. The minimum atomic E-state index is -0.211. The van der Waals surface area contributed by atoms with Gasteiger partial charge in [-0.2, -0.15) is 0 Å². The molecule has 1 amide bonds. The second-order valence-corrected chi connectivity index (χ2v) is 5.88. The number of piperazine rings is 1. The number of aromatic nitrogens is 2. The molecular formula is C15H21N5O2. The highest BCUT2D eigenvalue weighted by molar-refractivity contribution is 5.85. The predicted octanol–water partition coefficient (Wildman–Crippen LogP) is -0.308. The highest BCUT2D eigenvalue weighted by atomic mass is 16.2. The molecule has 2 saturated heterocycles. The van der Waals surface area contributed by atoms with Crippen LogP contribution in [-0.4, -0.2) is 65.3 Å². The largest absolute Gasteiger partial charge is 0.352 e. The normalized spacial score (nSPS) is 25.3. The molecule has 3 heterocycles. The monoisotopic (exact) mass is 303 g/mol. The molecule has 118 valence electrons. The number of hydrogen-bond acceptors (Lipinski definition) is 6. The van der Waals surface area contributed by atoms with Crippen LogP contribution in [0.2, 0.25) is 0 Å². The maximum absolute atomic E-state index is 12.5. The van der Waals surface area contributed by atoms with Crippen molar-refractivity contribution in [3.05, 3.63) is 18.6 Å². The maximum atomic E-state index is 12.5. The van der Waals surface area contributed by atoms with Gasteiger partial charge in [0.2, 0.25) is 5.91 Å². The third kappa shape index (κ3) is 3.09. The average Bonchev–Trinajstić information content (AvgIpc) is 3.05. The molecule has 1 aromatic heterocycles. The first-order chi connectivity index (χ1) is 10.6. The van der Waals surface area contributed by atoms with E-state index in [0.717, 1.165) is 18.9 Å². The number of rotatable bonds is 3. The third-order valence-corrected chi connectivity index (χ3v) is 4.47. The zero-order chi connectivity index (χ0) is 15.5. The predicted molar refractivity (Wildman–Crippen MR) is 81.4 cm³/mol. The molecule has 0 radical (unpaired) electrons. The van der Waals surface area contributed by atoms with Crippen molar-refractivity contribution >= 4 is 17.5 Å². The minimum Gasteiger partial charge on any atom is -0.352 e. The maximum Gasteiger partial charge on any atom is 0.239 e. The zero-order valence-electron chi connectivity index (χ0n) is 12.7. The topological polar surface area (TPSA) is 78.4 Å². The van der Waals surface area contributed by atoms with E-state index in [-0.39, 0.29) is 23.7 Å². The van der Waals surface area contributed by atoms with Crippen LogP contribution in [-0.2, 0) is 9.59 Å². The molecule has 7 nitrogen and oxygen atoms in total. The Morgan fingerprint density at radius 2 is 2.00 bits per heavy atom. The van der Waals surface area contributed by atoms with Crippen LogP contribution in [0.25, 0.3) is 0 Å². The minimum absolute atomic E-state index is 0.0187. The number of nitrogens with zero attached hydrogens (tertiary/aromatic N) is 4. The highest BCUT2D eigenvalue weighted by Crippen LogP contribution is 2.18. The van der Waals surface area contributed by atoms with E-state index in [2.05, 4.69) is 20.2 Å². The van der Waals surface area contributed by atoms with E-state index in [0.29, 0.717) is 26.1 Å². The van der Waals surface area contributed by atoms with Gasteiger partial charge in [0.05, 0.1) is 12.2 Å². The van der Waals surface area contributed by atoms with E-state index < -0.39 is 0 Å². The van der Waals surface area contributed by atoms with Crippen molar-refractivity contribution in [3.8, 4) is 0 Å². The molecule has 2 atom stereocenters. The summed E-state index contributed by atoms with van der Waals surface area (Å²) in [6, 6.07) is -0.211. The SMILES string of the molecule is CC(=O)C1CNC(C(=O)N2CCN(c3cnccn3)CC2)C1. The van der Waals surface area contributed by atoms with Crippen molar-refractivity contribution in [1.82, 2.24) is 20.2 Å². The molecule has 0 bridgehead atoms. The van der Waals surface area contributed by atoms with E-state index in [1.165, 1.54) is 0 Å². The molecule has 7 heteroatoms. The lowest BCUT2D eigenvalue weighted by atomic mass is 10.0. The van der Waals surface area contributed by atoms with Gasteiger partial charge in [-0.25, -0.2) is 4.98 Å². The zero-order valence-corrected chi connectivity index (χ0v) is 12.7. The molecule has 3 rings (SSSR count). The van der Waals surface area contributed by atoms with Gasteiger partial charge in [0.1, 0.15) is 11.6 Å². The fourth-order valence-electron chi connectivity index (χ4n) is 3.06. The Labute approximate surface area is 129 Å². The molecule has 0 aliphatic carbocycles. The Morgan fingerprint density at radius 3 is 2.59 bits per heavy atom. The van der Waals surface area contributed by atoms with Crippen LogP contribution < -0.4 is 10.2 Å². The van der Waals surface area contributed by atoms with Crippen LogP contribution in [0.3, 0.4) is 0 Å². The summed E-state index contributed by atoms with van der Waals surface area (Å²) >= 11 is 0. The van der Waals surface area contributed by atoms with Gasteiger partial charge in [0.15, 0.2) is 0 Å². The molecule has 22 heavy (non-hydrogen) atoms. The van der Waals surface area contributed by atoms with Gasteiger partial charge in [-0.15, -0.1) is 0 Å². The smallest absolute Gasteiger partial charge is 0.239 e. The summed E-state index contributed by atoms with van der Waals surface area (Å²) in [6.07, 6.45) is 5.70. The van der Waals surface area contributed by atoms with E-state index in [1.807, 2.05) is 4.90 Å². The summed E-state index contributed by atoms with van der Waals surface area (Å²) in [6.45, 7) is 5.08. The number of carbonyl (C=O) groups is 2. The van der Waals surface area contributed by atoms with Gasteiger partial charge >= 0.3 is 0 Å². The molecule has 2 aliphatic heterocycles. The summed E-state index contributed by atoms with van der Waals surface area (Å²) in [7, 11) is 0. The summed E-state index contributed by atoms with van der Waals surface area (Å²) in [5.41, 5.74) is 0. The van der Waals surface area contributed by atoms with Crippen molar-refractivity contribution in [2.45, 2.75) is 19.4 Å². The molecular weight excluding hydrogens is 282 g/mol.